The van der Waals surface area contributed by atoms with E-state index in [1.165, 1.54) is 6.08 Å². The molecule has 0 amide bonds. The SMILES string of the molecule is COc1cc(/C=C/C(=O)c2cc(OC)cc(OC)c2)cc(OC)c1. The van der Waals surface area contributed by atoms with E-state index in [9.17, 15) is 4.79 Å². The Labute approximate surface area is 141 Å². The maximum Gasteiger partial charge on any atom is 0.186 e. The van der Waals surface area contributed by atoms with Gasteiger partial charge in [-0.25, -0.2) is 0 Å². The molecular weight excluding hydrogens is 308 g/mol. The molecule has 126 valence electrons. The molecule has 24 heavy (non-hydrogen) atoms. The van der Waals surface area contributed by atoms with Crippen LogP contribution in [0.1, 0.15) is 15.9 Å². The summed E-state index contributed by atoms with van der Waals surface area (Å²) in [4.78, 5) is 12.4. The smallest absolute Gasteiger partial charge is 0.186 e. The summed E-state index contributed by atoms with van der Waals surface area (Å²) >= 11 is 0. The van der Waals surface area contributed by atoms with E-state index in [-0.39, 0.29) is 5.78 Å². The second kappa shape index (κ2) is 8.06. The van der Waals surface area contributed by atoms with E-state index in [0.717, 1.165) is 5.56 Å². The zero-order valence-electron chi connectivity index (χ0n) is 14.2. The largest absolute Gasteiger partial charge is 0.497 e. The minimum absolute atomic E-state index is 0.158. The summed E-state index contributed by atoms with van der Waals surface area (Å²) in [5.74, 6) is 2.28. The van der Waals surface area contributed by atoms with Crippen LogP contribution >= 0.6 is 0 Å². The molecule has 2 rings (SSSR count). The van der Waals surface area contributed by atoms with Crippen LogP contribution in [-0.4, -0.2) is 34.2 Å². The summed E-state index contributed by atoms with van der Waals surface area (Å²) < 4.78 is 20.8. The van der Waals surface area contributed by atoms with Gasteiger partial charge in [0.05, 0.1) is 28.4 Å². The molecule has 0 fully saturated rings. The maximum absolute atomic E-state index is 12.4. The van der Waals surface area contributed by atoms with Crippen LogP contribution in [0.3, 0.4) is 0 Å². The summed E-state index contributed by atoms with van der Waals surface area (Å²) in [6, 6.07) is 10.5. The first-order valence-corrected chi connectivity index (χ1v) is 7.28. The second-order valence-electron chi connectivity index (χ2n) is 4.94. The number of methoxy groups -OCH3 is 4. The van der Waals surface area contributed by atoms with Crippen LogP contribution in [0.15, 0.2) is 42.5 Å². The number of carbonyl (C=O) groups is 1. The minimum atomic E-state index is -0.158. The average Bonchev–Trinajstić information content (AvgIpc) is 2.64. The van der Waals surface area contributed by atoms with E-state index in [0.29, 0.717) is 28.6 Å². The molecule has 0 aliphatic carbocycles. The van der Waals surface area contributed by atoms with Gasteiger partial charge in [0.2, 0.25) is 0 Å². The molecule has 0 aliphatic rings. The Bertz CT molecular complexity index is 705. The van der Waals surface area contributed by atoms with Gasteiger partial charge in [0.1, 0.15) is 23.0 Å². The van der Waals surface area contributed by atoms with Crippen molar-refractivity contribution >= 4 is 11.9 Å². The predicted molar refractivity (Wildman–Crippen MR) is 92.5 cm³/mol. The number of benzene rings is 2. The van der Waals surface area contributed by atoms with Crippen LogP contribution in [0, 0.1) is 0 Å². The topological polar surface area (TPSA) is 54.0 Å². The summed E-state index contributed by atoms with van der Waals surface area (Å²) in [5.41, 5.74) is 1.28. The lowest BCUT2D eigenvalue weighted by Crippen LogP contribution is -1.97. The maximum atomic E-state index is 12.4. The second-order valence-corrected chi connectivity index (χ2v) is 4.94. The fourth-order valence-electron chi connectivity index (χ4n) is 2.14. The van der Waals surface area contributed by atoms with Crippen LogP contribution in [0.2, 0.25) is 0 Å². The molecule has 0 aromatic heterocycles. The average molecular weight is 328 g/mol. The number of hydrogen-bond acceptors (Lipinski definition) is 5. The van der Waals surface area contributed by atoms with Crippen molar-refractivity contribution in [2.75, 3.05) is 28.4 Å². The van der Waals surface area contributed by atoms with Crippen molar-refractivity contribution in [1.82, 2.24) is 0 Å². The number of hydrogen-bond donors (Lipinski definition) is 0. The van der Waals surface area contributed by atoms with Gasteiger partial charge in [-0.15, -0.1) is 0 Å². The molecular formula is C19H20O5. The third kappa shape index (κ3) is 4.29. The van der Waals surface area contributed by atoms with Gasteiger partial charge in [-0.2, -0.15) is 0 Å². The number of rotatable bonds is 7. The van der Waals surface area contributed by atoms with Crippen molar-refractivity contribution in [2.24, 2.45) is 0 Å². The van der Waals surface area contributed by atoms with E-state index in [1.807, 2.05) is 12.1 Å². The van der Waals surface area contributed by atoms with Gasteiger partial charge in [0, 0.05) is 17.7 Å². The van der Waals surface area contributed by atoms with Crippen LogP contribution in [0.5, 0.6) is 23.0 Å². The highest BCUT2D eigenvalue weighted by Gasteiger charge is 2.08. The van der Waals surface area contributed by atoms with Gasteiger partial charge in [-0.1, -0.05) is 6.08 Å². The molecule has 0 radical (unpaired) electrons. The number of allylic oxidation sites excluding steroid dienone is 1. The standard InChI is InChI=1S/C19H20O5/c1-21-15-7-13(8-16(11-15)22-2)5-6-19(20)14-9-17(23-3)12-18(10-14)24-4/h5-12H,1-4H3/b6-5+. The van der Waals surface area contributed by atoms with Crippen molar-refractivity contribution in [3.8, 4) is 23.0 Å². The lowest BCUT2D eigenvalue weighted by atomic mass is 10.1. The van der Waals surface area contributed by atoms with E-state index in [1.54, 1.807) is 58.8 Å². The Morgan fingerprint density at radius 2 is 1.12 bits per heavy atom. The highest BCUT2D eigenvalue weighted by atomic mass is 16.5. The number of ketones is 1. The molecule has 5 heteroatoms. The molecule has 2 aromatic rings. The molecule has 0 aliphatic heterocycles. The Kier molecular flexibility index (Phi) is 5.84. The van der Waals surface area contributed by atoms with Gasteiger partial charge < -0.3 is 18.9 Å². The summed E-state index contributed by atoms with van der Waals surface area (Å²) in [6.07, 6.45) is 3.20. The summed E-state index contributed by atoms with van der Waals surface area (Å²) in [5, 5.41) is 0. The van der Waals surface area contributed by atoms with Crippen LogP contribution in [-0.2, 0) is 0 Å². The van der Waals surface area contributed by atoms with Crippen molar-refractivity contribution in [3.05, 3.63) is 53.6 Å². The fourth-order valence-corrected chi connectivity index (χ4v) is 2.14. The van der Waals surface area contributed by atoms with Gasteiger partial charge in [0.25, 0.3) is 0 Å². The molecule has 0 atom stereocenters. The number of ether oxygens (including phenoxy) is 4. The molecule has 0 unspecified atom stereocenters. The monoisotopic (exact) mass is 328 g/mol. The van der Waals surface area contributed by atoms with Crippen molar-refractivity contribution in [3.63, 3.8) is 0 Å². The molecule has 0 saturated carbocycles. The predicted octanol–water partition coefficient (Wildman–Crippen LogP) is 3.62. The molecule has 2 aromatic carbocycles. The van der Waals surface area contributed by atoms with Gasteiger partial charge >= 0.3 is 0 Å². The van der Waals surface area contributed by atoms with Crippen LogP contribution in [0.4, 0.5) is 0 Å². The van der Waals surface area contributed by atoms with E-state index >= 15 is 0 Å². The van der Waals surface area contributed by atoms with Crippen molar-refractivity contribution in [2.45, 2.75) is 0 Å². The zero-order chi connectivity index (χ0) is 17.5. The molecule has 0 bridgehead atoms. The first kappa shape index (κ1) is 17.4. The Balaban J connectivity index is 2.27. The minimum Gasteiger partial charge on any atom is -0.497 e. The Hall–Kier alpha value is -2.95. The number of carbonyl (C=O) groups excluding carboxylic acids is 1. The zero-order valence-corrected chi connectivity index (χ0v) is 14.2. The summed E-state index contributed by atoms with van der Waals surface area (Å²) in [7, 11) is 6.24. The quantitative estimate of drug-likeness (QED) is 0.574. The van der Waals surface area contributed by atoms with Gasteiger partial charge in [0.15, 0.2) is 5.78 Å². The van der Waals surface area contributed by atoms with E-state index < -0.39 is 0 Å². The first-order chi connectivity index (χ1) is 11.6. The molecule has 0 spiro atoms. The van der Waals surface area contributed by atoms with E-state index in [2.05, 4.69) is 0 Å². The Morgan fingerprint density at radius 1 is 0.708 bits per heavy atom. The van der Waals surface area contributed by atoms with Crippen molar-refractivity contribution in [1.29, 1.82) is 0 Å². The van der Waals surface area contributed by atoms with E-state index in [4.69, 9.17) is 18.9 Å². The summed E-state index contributed by atoms with van der Waals surface area (Å²) in [6.45, 7) is 0. The lowest BCUT2D eigenvalue weighted by molar-refractivity contribution is 0.104. The normalized spacial score (nSPS) is 10.5. The third-order valence-corrected chi connectivity index (χ3v) is 3.44. The third-order valence-electron chi connectivity index (χ3n) is 3.44. The molecule has 0 N–H and O–H groups in total. The van der Waals surface area contributed by atoms with Gasteiger partial charge in [-0.3, -0.25) is 4.79 Å². The molecule has 0 saturated heterocycles. The molecule has 5 nitrogen and oxygen atoms in total. The van der Waals surface area contributed by atoms with Crippen LogP contribution < -0.4 is 18.9 Å². The molecule has 0 heterocycles. The van der Waals surface area contributed by atoms with Gasteiger partial charge in [-0.05, 0) is 35.9 Å². The van der Waals surface area contributed by atoms with Crippen molar-refractivity contribution < 1.29 is 23.7 Å². The fraction of sp³-hybridized carbons (Fsp3) is 0.211. The Morgan fingerprint density at radius 3 is 1.54 bits per heavy atom. The lowest BCUT2D eigenvalue weighted by Gasteiger charge is -2.07. The highest BCUT2D eigenvalue weighted by Crippen LogP contribution is 2.25. The van der Waals surface area contributed by atoms with Crippen LogP contribution in [0.25, 0.3) is 6.08 Å². The highest BCUT2D eigenvalue weighted by molar-refractivity contribution is 6.07. The first-order valence-electron chi connectivity index (χ1n) is 7.28.